The number of nitriles is 1. The zero-order chi connectivity index (χ0) is 14.0. The van der Waals surface area contributed by atoms with E-state index in [1.54, 1.807) is 18.2 Å². The van der Waals surface area contributed by atoms with Crippen LogP contribution in [0.5, 0.6) is 0 Å². The van der Waals surface area contributed by atoms with Gasteiger partial charge in [0.1, 0.15) is 0 Å². The minimum atomic E-state index is -0.771. The fraction of sp³-hybridized carbons (Fsp3) is 0.533. The molecule has 2 rings (SSSR count). The Kier molecular flexibility index (Phi) is 4.55. The van der Waals surface area contributed by atoms with Crippen molar-refractivity contribution in [3.63, 3.8) is 0 Å². The molecule has 4 heteroatoms. The Morgan fingerprint density at radius 1 is 1.58 bits per heavy atom. The topological polar surface area (TPSA) is 44.0 Å². The third kappa shape index (κ3) is 2.97. The summed E-state index contributed by atoms with van der Waals surface area (Å²) in [6, 6.07) is 7.70. The maximum atomic E-state index is 10.7. The third-order valence-electron chi connectivity index (χ3n) is 4.04. The Morgan fingerprint density at radius 2 is 2.32 bits per heavy atom. The zero-order valence-corrected chi connectivity index (χ0v) is 13.2. The molecule has 0 amide bonds. The van der Waals surface area contributed by atoms with Crippen molar-refractivity contribution in [2.24, 2.45) is 11.3 Å². The molecule has 3 unspecified atom stereocenters. The molecule has 1 N–H and O–H groups in total. The lowest BCUT2D eigenvalue weighted by Crippen LogP contribution is -2.33. The summed E-state index contributed by atoms with van der Waals surface area (Å²) in [4.78, 5) is 0. The average molecular weight is 343 g/mol. The van der Waals surface area contributed by atoms with Gasteiger partial charge in [-0.3, -0.25) is 0 Å². The van der Waals surface area contributed by atoms with E-state index in [2.05, 4.69) is 28.9 Å². The van der Waals surface area contributed by atoms with Crippen LogP contribution in [0.25, 0.3) is 0 Å². The number of aliphatic hydroxyl groups is 1. The van der Waals surface area contributed by atoms with Crippen LogP contribution in [-0.4, -0.2) is 5.11 Å². The lowest BCUT2D eigenvalue weighted by Gasteiger charge is -2.38. The first-order valence-electron chi connectivity index (χ1n) is 6.53. The number of rotatable bonds is 2. The quantitative estimate of drug-likeness (QED) is 0.834. The highest BCUT2D eigenvalue weighted by molar-refractivity contribution is 9.10. The molecule has 19 heavy (non-hydrogen) atoms. The van der Waals surface area contributed by atoms with E-state index in [0.29, 0.717) is 10.9 Å². The van der Waals surface area contributed by atoms with Crippen LogP contribution in [-0.2, 0) is 0 Å². The van der Waals surface area contributed by atoms with E-state index in [9.17, 15) is 10.4 Å². The van der Waals surface area contributed by atoms with Gasteiger partial charge in [0.05, 0.1) is 17.6 Å². The van der Waals surface area contributed by atoms with Crippen molar-refractivity contribution in [3.8, 4) is 6.07 Å². The second kappa shape index (κ2) is 5.83. The van der Waals surface area contributed by atoms with Gasteiger partial charge in [0.2, 0.25) is 0 Å². The summed E-state index contributed by atoms with van der Waals surface area (Å²) >= 11 is 9.35. The molecule has 0 spiro atoms. The largest absolute Gasteiger partial charge is 0.387 e. The minimum Gasteiger partial charge on any atom is -0.387 e. The second-order valence-corrected chi connectivity index (χ2v) is 6.83. The van der Waals surface area contributed by atoms with Gasteiger partial charge in [-0.25, -0.2) is 0 Å². The highest BCUT2D eigenvalue weighted by atomic mass is 79.9. The van der Waals surface area contributed by atoms with E-state index in [4.69, 9.17) is 11.6 Å². The molecule has 102 valence electrons. The SMILES string of the molecule is CC1CCCC(C#N)(C(O)c2ccc(Cl)cc2Br)C1. The molecule has 0 saturated heterocycles. The number of hydrogen-bond acceptors (Lipinski definition) is 2. The van der Waals surface area contributed by atoms with Crippen molar-refractivity contribution in [1.29, 1.82) is 5.26 Å². The molecule has 0 radical (unpaired) electrons. The summed E-state index contributed by atoms with van der Waals surface area (Å²) in [5.41, 5.74) is 0.0774. The summed E-state index contributed by atoms with van der Waals surface area (Å²) < 4.78 is 0.764. The monoisotopic (exact) mass is 341 g/mol. The van der Waals surface area contributed by atoms with Crippen molar-refractivity contribution < 1.29 is 5.11 Å². The van der Waals surface area contributed by atoms with E-state index in [0.717, 1.165) is 35.7 Å². The first-order chi connectivity index (χ1) is 8.98. The summed E-state index contributed by atoms with van der Waals surface area (Å²) in [5.74, 6) is 0.481. The predicted octanol–water partition coefficient (Wildman–Crippen LogP) is 4.86. The van der Waals surface area contributed by atoms with Gasteiger partial charge in [0.25, 0.3) is 0 Å². The van der Waals surface area contributed by atoms with Crippen molar-refractivity contribution in [2.45, 2.75) is 38.7 Å². The molecular formula is C15H17BrClNO. The fourth-order valence-electron chi connectivity index (χ4n) is 3.02. The molecule has 1 aromatic rings. The number of benzene rings is 1. The Morgan fingerprint density at radius 3 is 2.89 bits per heavy atom. The van der Waals surface area contributed by atoms with Crippen LogP contribution < -0.4 is 0 Å². The molecule has 1 aliphatic carbocycles. The van der Waals surface area contributed by atoms with Crippen LogP contribution in [0.15, 0.2) is 22.7 Å². The third-order valence-corrected chi connectivity index (χ3v) is 4.96. The van der Waals surface area contributed by atoms with E-state index in [1.165, 1.54) is 0 Å². The zero-order valence-electron chi connectivity index (χ0n) is 10.9. The van der Waals surface area contributed by atoms with Gasteiger partial charge in [-0.2, -0.15) is 5.26 Å². The molecule has 0 aliphatic heterocycles. The highest BCUT2D eigenvalue weighted by Gasteiger charge is 2.42. The summed E-state index contributed by atoms with van der Waals surface area (Å²) in [6.45, 7) is 2.15. The van der Waals surface area contributed by atoms with Gasteiger partial charge in [-0.15, -0.1) is 0 Å². The summed E-state index contributed by atoms with van der Waals surface area (Å²) in [7, 11) is 0. The predicted molar refractivity (Wildman–Crippen MR) is 79.8 cm³/mol. The molecular weight excluding hydrogens is 326 g/mol. The van der Waals surface area contributed by atoms with Crippen LogP contribution in [0.2, 0.25) is 5.02 Å². The first-order valence-corrected chi connectivity index (χ1v) is 7.70. The van der Waals surface area contributed by atoms with Crippen molar-refractivity contribution in [1.82, 2.24) is 0 Å². The molecule has 2 nitrogen and oxygen atoms in total. The van der Waals surface area contributed by atoms with Gasteiger partial charge < -0.3 is 5.11 Å². The molecule has 0 aromatic heterocycles. The summed E-state index contributed by atoms with van der Waals surface area (Å²) in [5, 5.41) is 20.9. The Bertz CT molecular complexity index is 513. The number of nitrogens with zero attached hydrogens (tertiary/aromatic N) is 1. The molecule has 1 aromatic carbocycles. The molecule has 0 heterocycles. The Hall–Kier alpha value is -0.560. The number of hydrogen-bond donors (Lipinski definition) is 1. The fourth-order valence-corrected chi connectivity index (χ4v) is 3.92. The molecule has 1 fully saturated rings. The van der Waals surface area contributed by atoms with Crippen LogP contribution in [0.1, 0.15) is 44.3 Å². The normalized spacial score (nSPS) is 28.7. The molecule has 1 aliphatic rings. The average Bonchev–Trinajstić information content (AvgIpc) is 2.38. The van der Waals surface area contributed by atoms with E-state index in [1.807, 2.05) is 0 Å². The van der Waals surface area contributed by atoms with Crippen LogP contribution in [0.4, 0.5) is 0 Å². The highest BCUT2D eigenvalue weighted by Crippen LogP contribution is 2.48. The van der Waals surface area contributed by atoms with Crippen LogP contribution in [0.3, 0.4) is 0 Å². The van der Waals surface area contributed by atoms with E-state index < -0.39 is 11.5 Å². The second-order valence-electron chi connectivity index (χ2n) is 5.54. The van der Waals surface area contributed by atoms with E-state index in [-0.39, 0.29) is 0 Å². The Labute approximate surface area is 127 Å². The smallest absolute Gasteiger partial charge is 0.0987 e. The lowest BCUT2D eigenvalue weighted by atomic mass is 9.66. The number of halogens is 2. The van der Waals surface area contributed by atoms with Gasteiger partial charge in [-0.1, -0.05) is 53.4 Å². The Balaban J connectivity index is 2.35. The van der Waals surface area contributed by atoms with Crippen molar-refractivity contribution >= 4 is 27.5 Å². The first kappa shape index (κ1) is 14.8. The molecule has 1 saturated carbocycles. The van der Waals surface area contributed by atoms with E-state index >= 15 is 0 Å². The maximum absolute atomic E-state index is 10.7. The minimum absolute atomic E-state index is 0.481. The van der Waals surface area contributed by atoms with Gasteiger partial charge >= 0.3 is 0 Å². The van der Waals surface area contributed by atoms with Gasteiger partial charge in [-0.05, 0) is 36.5 Å². The summed E-state index contributed by atoms with van der Waals surface area (Å²) in [6.07, 6.45) is 2.87. The van der Waals surface area contributed by atoms with Crippen LogP contribution in [0, 0.1) is 22.7 Å². The molecule has 3 atom stereocenters. The standard InChI is InChI=1S/C15H17BrClNO/c1-10-3-2-6-15(8-10,9-18)14(19)12-5-4-11(17)7-13(12)16/h4-5,7,10,14,19H,2-3,6,8H2,1H3. The maximum Gasteiger partial charge on any atom is 0.0987 e. The lowest BCUT2D eigenvalue weighted by molar-refractivity contribution is 0.0214. The molecule has 0 bridgehead atoms. The number of aliphatic hydroxyl groups excluding tert-OH is 1. The van der Waals surface area contributed by atoms with Crippen molar-refractivity contribution in [2.75, 3.05) is 0 Å². The van der Waals surface area contributed by atoms with Crippen LogP contribution >= 0.6 is 27.5 Å². The van der Waals surface area contributed by atoms with Gasteiger partial charge in [0.15, 0.2) is 0 Å². The van der Waals surface area contributed by atoms with Gasteiger partial charge in [0, 0.05) is 9.50 Å². The van der Waals surface area contributed by atoms with Crippen molar-refractivity contribution in [3.05, 3.63) is 33.3 Å².